The van der Waals surface area contributed by atoms with Crippen LogP contribution in [0.4, 0.5) is 5.69 Å². The average Bonchev–Trinajstić information content (AvgIpc) is 3.13. The second-order valence-corrected chi connectivity index (χ2v) is 6.22. The first-order valence-electron chi connectivity index (χ1n) is 7.30. The largest absolute Gasteiger partial charge is 0.495 e. The van der Waals surface area contributed by atoms with Crippen molar-refractivity contribution in [2.24, 2.45) is 5.10 Å². The van der Waals surface area contributed by atoms with E-state index in [2.05, 4.69) is 21.6 Å². The fraction of sp³-hybridized carbons (Fsp3) is 0.0556. The highest BCUT2D eigenvalue weighted by Crippen LogP contribution is 2.25. The van der Waals surface area contributed by atoms with Gasteiger partial charge in [-0.2, -0.15) is 10.4 Å². The van der Waals surface area contributed by atoms with Crippen molar-refractivity contribution in [3.05, 3.63) is 63.9 Å². The molecule has 7 heteroatoms. The minimum absolute atomic E-state index is 0.205. The maximum absolute atomic E-state index is 9.40. The Kier molecular flexibility index (Phi) is 5.29. The molecule has 0 fully saturated rings. The molecule has 0 unspecified atom stereocenters. The van der Waals surface area contributed by atoms with E-state index >= 15 is 0 Å². The lowest BCUT2D eigenvalue weighted by Crippen LogP contribution is -2.02. The Balaban J connectivity index is 1.84. The first-order valence-corrected chi connectivity index (χ1v) is 8.55. The number of hydrazone groups is 1. The maximum atomic E-state index is 9.40. The molecule has 1 N–H and O–H groups in total. The van der Waals surface area contributed by atoms with Crippen LogP contribution in [0.2, 0.25) is 5.02 Å². The molecule has 1 aromatic heterocycles. The molecule has 0 bridgehead atoms. The van der Waals surface area contributed by atoms with Crippen LogP contribution in [-0.2, 0) is 0 Å². The first kappa shape index (κ1) is 17.0. The number of nitrogens with zero attached hydrogens (tertiary/aromatic N) is 3. The maximum Gasteiger partial charge on any atom is 0.196 e. The average molecular weight is 369 g/mol. The molecule has 5 nitrogen and oxygen atoms in total. The topological polar surface area (TPSA) is 70.3 Å². The Morgan fingerprint density at radius 3 is 2.72 bits per heavy atom. The number of nitrogens with one attached hydrogen (secondary N) is 1. The minimum atomic E-state index is 0.205. The number of ether oxygens (including phenoxy) is 1. The van der Waals surface area contributed by atoms with E-state index < -0.39 is 0 Å². The van der Waals surface area contributed by atoms with E-state index in [0.717, 1.165) is 11.3 Å². The van der Waals surface area contributed by atoms with Crippen LogP contribution in [0.25, 0.3) is 11.3 Å². The monoisotopic (exact) mass is 368 g/mol. The second kappa shape index (κ2) is 7.79. The molecular formula is C18H13ClN4OS. The van der Waals surface area contributed by atoms with Crippen LogP contribution in [0, 0.1) is 11.3 Å². The Labute approximate surface area is 154 Å². The summed E-state index contributed by atoms with van der Waals surface area (Å²) in [5.74, 6) is 0.643. The molecule has 1 heterocycles. The van der Waals surface area contributed by atoms with Crippen molar-refractivity contribution in [2.75, 3.05) is 12.5 Å². The van der Waals surface area contributed by atoms with E-state index in [1.54, 1.807) is 19.2 Å². The van der Waals surface area contributed by atoms with Crippen molar-refractivity contribution < 1.29 is 4.74 Å². The van der Waals surface area contributed by atoms with Gasteiger partial charge >= 0.3 is 0 Å². The van der Waals surface area contributed by atoms with Gasteiger partial charge in [0.05, 0.1) is 18.5 Å². The number of thiazole rings is 1. The molecule has 0 atom stereocenters. The molecule has 0 aliphatic carbocycles. The van der Waals surface area contributed by atoms with E-state index in [9.17, 15) is 5.26 Å². The van der Waals surface area contributed by atoms with Crippen molar-refractivity contribution in [1.82, 2.24) is 4.98 Å². The molecule has 0 spiro atoms. The Morgan fingerprint density at radius 2 is 2.00 bits per heavy atom. The fourth-order valence-electron chi connectivity index (χ4n) is 2.11. The molecule has 0 saturated heterocycles. The van der Waals surface area contributed by atoms with Gasteiger partial charge < -0.3 is 4.74 Å². The van der Waals surface area contributed by atoms with Crippen LogP contribution in [0.5, 0.6) is 5.75 Å². The van der Waals surface area contributed by atoms with Gasteiger partial charge in [0.1, 0.15) is 11.8 Å². The highest BCUT2D eigenvalue weighted by Gasteiger charge is 2.11. The molecule has 3 rings (SSSR count). The smallest absolute Gasteiger partial charge is 0.196 e. The lowest BCUT2D eigenvalue weighted by Gasteiger charge is -2.06. The number of aromatic nitrogens is 1. The van der Waals surface area contributed by atoms with Crippen LogP contribution in [0.1, 0.15) is 5.01 Å². The number of anilines is 1. The summed E-state index contributed by atoms with van der Waals surface area (Å²) in [7, 11) is 1.58. The summed E-state index contributed by atoms with van der Waals surface area (Å²) < 4.78 is 5.25. The van der Waals surface area contributed by atoms with Gasteiger partial charge in [0.25, 0.3) is 0 Å². The van der Waals surface area contributed by atoms with Crippen LogP contribution in [0.3, 0.4) is 0 Å². The number of hydrogen-bond donors (Lipinski definition) is 1. The number of nitriles is 1. The Morgan fingerprint density at radius 1 is 1.24 bits per heavy atom. The van der Waals surface area contributed by atoms with Crippen molar-refractivity contribution in [1.29, 1.82) is 5.26 Å². The van der Waals surface area contributed by atoms with Gasteiger partial charge in [-0.1, -0.05) is 35.9 Å². The Hall–Kier alpha value is -2.88. The van der Waals surface area contributed by atoms with Gasteiger partial charge in [-0.05, 0) is 24.3 Å². The van der Waals surface area contributed by atoms with Gasteiger partial charge in [-0.25, -0.2) is 4.98 Å². The molecule has 0 aliphatic rings. The summed E-state index contributed by atoms with van der Waals surface area (Å²) in [6.07, 6.45) is 0. The van der Waals surface area contributed by atoms with Crippen molar-refractivity contribution in [2.45, 2.75) is 0 Å². The highest BCUT2D eigenvalue weighted by molar-refractivity contribution is 7.12. The zero-order chi connectivity index (χ0) is 17.6. The number of hydrogen-bond acceptors (Lipinski definition) is 6. The van der Waals surface area contributed by atoms with Gasteiger partial charge in [0.2, 0.25) is 0 Å². The molecule has 0 amide bonds. The molecular weight excluding hydrogens is 356 g/mol. The zero-order valence-corrected chi connectivity index (χ0v) is 14.8. The first-order chi connectivity index (χ1) is 12.2. The van der Waals surface area contributed by atoms with Crippen molar-refractivity contribution in [3.63, 3.8) is 0 Å². The van der Waals surface area contributed by atoms with Crippen molar-refractivity contribution >= 4 is 34.3 Å². The van der Waals surface area contributed by atoms with E-state index in [4.69, 9.17) is 16.3 Å². The highest BCUT2D eigenvalue weighted by atomic mass is 35.5. The Bertz CT molecular complexity index is 944. The van der Waals surface area contributed by atoms with Crippen LogP contribution in [0.15, 0.2) is 59.0 Å². The van der Waals surface area contributed by atoms with E-state index in [-0.39, 0.29) is 5.71 Å². The number of benzene rings is 2. The van der Waals surface area contributed by atoms with E-state index in [1.807, 2.05) is 41.8 Å². The van der Waals surface area contributed by atoms with Crippen molar-refractivity contribution in [3.8, 4) is 23.1 Å². The predicted octanol–water partition coefficient (Wildman–Crippen LogP) is 4.81. The fourth-order valence-corrected chi connectivity index (χ4v) is 3.00. The summed E-state index contributed by atoms with van der Waals surface area (Å²) in [6.45, 7) is 0. The summed E-state index contributed by atoms with van der Waals surface area (Å²) in [4.78, 5) is 4.49. The molecule has 0 saturated carbocycles. The van der Waals surface area contributed by atoms with Crippen LogP contribution < -0.4 is 10.2 Å². The molecule has 3 aromatic rings. The third kappa shape index (κ3) is 3.97. The lowest BCUT2D eigenvalue weighted by molar-refractivity contribution is 0.416. The normalized spacial score (nSPS) is 11.0. The van der Waals surface area contributed by atoms with Gasteiger partial charge in [0, 0.05) is 16.0 Å². The summed E-state index contributed by atoms with van der Waals surface area (Å²) >= 11 is 7.26. The molecule has 124 valence electrons. The van der Waals surface area contributed by atoms with Crippen LogP contribution in [-0.4, -0.2) is 17.8 Å². The number of halogens is 1. The summed E-state index contributed by atoms with van der Waals surface area (Å²) in [5.41, 5.74) is 5.45. The lowest BCUT2D eigenvalue weighted by atomic mass is 10.2. The summed E-state index contributed by atoms with van der Waals surface area (Å²) in [5, 5.41) is 16.6. The SMILES string of the molecule is COc1ccccc1N/N=C(/C#N)c1nc(-c2ccc(Cl)cc2)cs1. The molecule has 0 radical (unpaired) electrons. The van der Waals surface area contributed by atoms with E-state index in [1.165, 1.54) is 11.3 Å². The third-order valence-electron chi connectivity index (χ3n) is 3.35. The van der Waals surface area contributed by atoms with Gasteiger partial charge in [0.15, 0.2) is 10.7 Å². The van der Waals surface area contributed by atoms with E-state index in [0.29, 0.717) is 21.5 Å². The molecule has 25 heavy (non-hydrogen) atoms. The molecule has 0 aliphatic heterocycles. The van der Waals surface area contributed by atoms with Crippen LogP contribution >= 0.6 is 22.9 Å². The second-order valence-electron chi connectivity index (χ2n) is 4.93. The number of para-hydroxylation sites is 2. The third-order valence-corrected chi connectivity index (χ3v) is 4.45. The number of methoxy groups -OCH3 is 1. The zero-order valence-electron chi connectivity index (χ0n) is 13.2. The number of rotatable bonds is 5. The minimum Gasteiger partial charge on any atom is -0.495 e. The van der Waals surface area contributed by atoms with Gasteiger partial charge in [-0.15, -0.1) is 11.3 Å². The standard InChI is InChI=1S/C18H13ClN4OS/c1-24-17-5-3-2-4-14(17)22-23-15(10-20)18-21-16(11-25-18)12-6-8-13(19)9-7-12/h2-9,11,22H,1H3/b23-15-. The molecule has 2 aromatic carbocycles. The quantitative estimate of drug-likeness (QED) is 0.518. The van der Waals surface area contributed by atoms with Gasteiger partial charge in [-0.3, -0.25) is 5.43 Å². The predicted molar refractivity (Wildman–Crippen MR) is 101 cm³/mol. The summed E-state index contributed by atoms with van der Waals surface area (Å²) in [6, 6.07) is 16.8.